The molecule has 1 aliphatic heterocycles. The second kappa shape index (κ2) is 9.39. The number of hydrogen-bond donors (Lipinski definition) is 5. The molecule has 0 aromatic rings. The third-order valence-electron chi connectivity index (χ3n) is 3.83. The SMILES string of the molecule is CCCCNC(=O)[C@@H](C)O[C@H]1C(O)C(CO)OC(O)[C@H]1CN. The predicted molar refractivity (Wildman–Crippen MR) is 78.8 cm³/mol. The van der Waals surface area contributed by atoms with Crippen LogP contribution in [0.25, 0.3) is 0 Å². The quantitative estimate of drug-likeness (QED) is 0.337. The molecule has 22 heavy (non-hydrogen) atoms. The van der Waals surface area contributed by atoms with Crippen molar-refractivity contribution >= 4 is 5.91 Å². The van der Waals surface area contributed by atoms with Crippen LogP contribution in [0.3, 0.4) is 0 Å². The second-order valence-corrected chi connectivity index (χ2v) is 5.53. The highest BCUT2D eigenvalue weighted by Crippen LogP contribution is 2.27. The maximum absolute atomic E-state index is 11.9. The third kappa shape index (κ3) is 4.87. The van der Waals surface area contributed by atoms with Crippen LogP contribution in [0.15, 0.2) is 0 Å². The van der Waals surface area contributed by atoms with E-state index in [4.69, 9.17) is 15.2 Å². The molecular formula is C14H28N2O6. The van der Waals surface area contributed by atoms with Gasteiger partial charge in [0.15, 0.2) is 6.29 Å². The van der Waals surface area contributed by atoms with Crippen molar-refractivity contribution in [2.45, 2.75) is 57.4 Å². The molecule has 0 saturated carbocycles. The number of rotatable bonds is 8. The first-order valence-corrected chi connectivity index (χ1v) is 7.71. The Morgan fingerprint density at radius 2 is 2.14 bits per heavy atom. The molecule has 6 N–H and O–H groups in total. The normalized spacial score (nSPS) is 33.5. The average Bonchev–Trinajstić information content (AvgIpc) is 2.50. The van der Waals surface area contributed by atoms with E-state index in [9.17, 15) is 20.1 Å². The fraction of sp³-hybridized carbons (Fsp3) is 0.929. The third-order valence-corrected chi connectivity index (χ3v) is 3.83. The zero-order valence-electron chi connectivity index (χ0n) is 13.1. The van der Waals surface area contributed by atoms with Crippen LogP contribution in [0.5, 0.6) is 0 Å². The zero-order chi connectivity index (χ0) is 16.7. The molecule has 1 rings (SSSR count). The molecule has 1 amide bonds. The van der Waals surface area contributed by atoms with E-state index in [0.717, 1.165) is 12.8 Å². The van der Waals surface area contributed by atoms with Gasteiger partial charge in [0.2, 0.25) is 5.91 Å². The van der Waals surface area contributed by atoms with Gasteiger partial charge in [0.25, 0.3) is 0 Å². The van der Waals surface area contributed by atoms with Crippen molar-refractivity contribution in [3.8, 4) is 0 Å². The van der Waals surface area contributed by atoms with Gasteiger partial charge >= 0.3 is 0 Å². The maximum Gasteiger partial charge on any atom is 0.248 e. The molecule has 0 bridgehead atoms. The van der Waals surface area contributed by atoms with E-state index in [-0.39, 0.29) is 12.5 Å². The van der Waals surface area contributed by atoms with Crippen LogP contribution in [0, 0.1) is 5.92 Å². The van der Waals surface area contributed by atoms with Crippen LogP contribution >= 0.6 is 0 Å². The topological polar surface area (TPSA) is 134 Å². The van der Waals surface area contributed by atoms with Crippen LogP contribution in [0.2, 0.25) is 0 Å². The van der Waals surface area contributed by atoms with E-state index in [1.165, 1.54) is 0 Å². The molecule has 1 heterocycles. The minimum atomic E-state index is -1.26. The highest BCUT2D eigenvalue weighted by atomic mass is 16.6. The van der Waals surface area contributed by atoms with Crippen molar-refractivity contribution in [1.29, 1.82) is 0 Å². The number of carbonyl (C=O) groups is 1. The van der Waals surface area contributed by atoms with Gasteiger partial charge < -0.3 is 35.8 Å². The molecule has 0 aromatic heterocycles. The highest BCUT2D eigenvalue weighted by molar-refractivity contribution is 5.80. The number of nitrogens with two attached hydrogens (primary N) is 1. The summed E-state index contributed by atoms with van der Waals surface area (Å²) in [6, 6.07) is 0. The molecular weight excluding hydrogens is 292 g/mol. The summed E-state index contributed by atoms with van der Waals surface area (Å²) >= 11 is 0. The van der Waals surface area contributed by atoms with E-state index in [1.54, 1.807) is 6.92 Å². The summed E-state index contributed by atoms with van der Waals surface area (Å²) < 4.78 is 10.7. The Kier molecular flexibility index (Phi) is 8.23. The highest BCUT2D eigenvalue weighted by Gasteiger charge is 2.45. The average molecular weight is 320 g/mol. The smallest absolute Gasteiger partial charge is 0.248 e. The summed E-state index contributed by atoms with van der Waals surface area (Å²) in [7, 11) is 0. The first-order valence-electron chi connectivity index (χ1n) is 7.71. The maximum atomic E-state index is 11.9. The number of ether oxygens (including phenoxy) is 2. The molecule has 0 aliphatic carbocycles. The molecule has 130 valence electrons. The Hall–Kier alpha value is -0.770. The molecule has 6 atom stereocenters. The van der Waals surface area contributed by atoms with E-state index in [2.05, 4.69) is 5.32 Å². The summed E-state index contributed by atoms with van der Waals surface area (Å²) in [5.74, 6) is -0.971. The first-order chi connectivity index (χ1) is 10.5. The van der Waals surface area contributed by atoms with Crippen molar-refractivity contribution < 1.29 is 29.6 Å². The lowest BCUT2D eigenvalue weighted by atomic mass is 9.90. The summed E-state index contributed by atoms with van der Waals surface area (Å²) in [6.07, 6.45) is -3.27. The lowest BCUT2D eigenvalue weighted by Gasteiger charge is -2.42. The van der Waals surface area contributed by atoms with Gasteiger partial charge in [-0.05, 0) is 13.3 Å². The van der Waals surface area contributed by atoms with Crippen LogP contribution in [0.4, 0.5) is 0 Å². The van der Waals surface area contributed by atoms with Crippen LogP contribution in [-0.2, 0) is 14.3 Å². The van der Waals surface area contributed by atoms with Crippen molar-refractivity contribution in [2.24, 2.45) is 11.7 Å². The van der Waals surface area contributed by atoms with Crippen molar-refractivity contribution in [1.82, 2.24) is 5.32 Å². The van der Waals surface area contributed by atoms with E-state index in [1.807, 2.05) is 6.92 Å². The van der Waals surface area contributed by atoms with Gasteiger partial charge in [0, 0.05) is 13.1 Å². The zero-order valence-corrected chi connectivity index (χ0v) is 13.1. The molecule has 8 heteroatoms. The number of nitrogens with one attached hydrogen (secondary N) is 1. The van der Waals surface area contributed by atoms with Crippen LogP contribution < -0.4 is 11.1 Å². The molecule has 1 fully saturated rings. The molecule has 3 unspecified atom stereocenters. The summed E-state index contributed by atoms with van der Waals surface area (Å²) in [5.41, 5.74) is 5.59. The minimum absolute atomic E-state index is 0.0191. The summed E-state index contributed by atoms with van der Waals surface area (Å²) in [4.78, 5) is 11.9. The Labute approximate surface area is 130 Å². The standard InChI is InChI=1S/C14H28N2O6/c1-3-4-5-16-13(19)8(2)21-12-9(6-15)14(20)22-10(7-17)11(12)18/h8-12,14,17-18,20H,3-7,15H2,1-2H3,(H,16,19)/t8-,9+,10?,11?,12-,14?/m1/s1. The van der Waals surface area contributed by atoms with Crippen molar-refractivity contribution in [3.63, 3.8) is 0 Å². The number of carbonyl (C=O) groups excluding carboxylic acids is 1. The van der Waals surface area contributed by atoms with Crippen LogP contribution in [0.1, 0.15) is 26.7 Å². The Balaban J connectivity index is 2.67. The van der Waals surface area contributed by atoms with E-state index in [0.29, 0.717) is 6.54 Å². The van der Waals surface area contributed by atoms with Crippen molar-refractivity contribution in [2.75, 3.05) is 19.7 Å². The van der Waals surface area contributed by atoms with Gasteiger partial charge in [0.1, 0.15) is 18.3 Å². The largest absolute Gasteiger partial charge is 0.394 e. The minimum Gasteiger partial charge on any atom is -0.394 e. The molecule has 1 aliphatic rings. The lowest BCUT2D eigenvalue weighted by molar-refractivity contribution is -0.280. The number of aliphatic hydroxyl groups excluding tert-OH is 3. The number of amides is 1. The first kappa shape index (κ1) is 19.3. The van der Waals surface area contributed by atoms with Crippen LogP contribution in [-0.4, -0.2) is 71.6 Å². The monoisotopic (exact) mass is 320 g/mol. The van der Waals surface area contributed by atoms with E-state index >= 15 is 0 Å². The Bertz CT molecular complexity index is 343. The predicted octanol–water partition coefficient (Wildman–Crippen LogP) is -1.68. The van der Waals surface area contributed by atoms with Gasteiger partial charge in [-0.15, -0.1) is 0 Å². The number of aliphatic hydroxyl groups is 3. The van der Waals surface area contributed by atoms with Gasteiger partial charge in [0.05, 0.1) is 18.6 Å². The molecule has 8 nitrogen and oxygen atoms in total. The molecule has 0 spiro atoms. The summed E-state index contributed by atoms with van der Waals surface area (Å²) in [5, 5.41) is 32.0. The fourth-order valence-electron chi connectivity index (χ4n) is 2.40. The molecule has 0 aromatic carbocycles. The van der Waals surface area contributed by atoms with Gasteiger partial charge in [-0.2, -0.15) is 0 Å². The molecule has 1 saturated heterocycles. The van der Waals surface area contributed by atoms with Gasteiger partial charge in [-0.25, -0.2) is 0 Å². The lowest BCUT2D eigenvalue weighted by Crippen LogP contribution is -2.59. The summed E-state index contributed by atoms with van der Waals surface area (Å²) in [6.45, 7) is 3.70. The Morgan fingerprint density at radius 3 is 2.68 bits per heavy atom. The van der Waals surface area contributed by atoms with Gasteiger partial charge in [-0.1, -0.05) is 13.3 Å². The number of unbranched alkanes of at least 4 members (excludes halogenated alkanes) is 1. The molecule has 0 radical (unpaired) electrons. The van der Waals surface area contributed by atoms with E-state index < -0.39 is 43.2 Å². The van der Waals surface area contributed by atoms with Crippen molar-refractivity contribution in [3.05, 3.63) is 0 Å². The Morgan fingerprint density at radius 1 is 1.45 bits per heavy atom. The second-order valence-electron chi connectivity index (χ2n) is 5.53. The fourth-order valence-corrected chi connectivity index (χ4v) is 2.40. The number of hydrogen-bond acceptors (Lipinski definition) is 7. The van der Waals surface area contributed by atoms with Gasteiger partial charge in [-0.3, -0.25) is 4.79 Å².